The number of thiazole rings is 1. The van der Waals surface area contributed by atoms with E-state index < -0.39 is 5.92 Å². The van der Waals surface area contributed by atoms with Gasteiger partial charge in [0.2, 0.25) is 22.7 Å². The molecule has 2 amide bonds. The number of fused-ring (bicyclic) bond motifs is 1. The van der Waals surface area contributed by atoms with E-state index in [0.717, 1.165) is 28.3 Å². The summed E-state index contributed by atoms with van der Waals surface area (Å²) >= 11 is 1.44. The van der Waals surface area contributed by atoms with Crippen molar-refractivity contribution in [1.82, 2.24) is 14.6 Å². The third kappa shape index (κ3) is 3.71. The maximum Gasteiger partial charge on any atom is 0.250 e. The molecule has 32 heavy (non-hydrogen) atoms. The van der Waals surface area contributed by atoms with Crippen LogP contribution in [0, 0.1) is 12.8 Å². The van der Waals surface area contributed by atoms with Crippen molar-refractivity contribution in [2.75, 3.05) is 23.9 Å². The largest absolute Gasteiger partial charge is 0.497 e. The molecular weight excluding hydrogens is 426 g/mol. The molecule has 1 aliphatic heterocycles. The first-order valence-electron chi connectivity index (χ1n) is 10.2. The predicted molar refractivity (Wildman–Crippen MR) is 123 cm³/mol. The number of amides is 2. The summed E-state index contributed by atoms with van der Waals surface area (Å²) < 4.78 is 6.92. The van der Waals surface area contributed by atoms with Gasteiger partial charge in [-0.15, -0.1) is 16.4 Å². The Balaban J connectivity index is 1.31. The third-order valence-electron chi connectivity index (χ3n) is 5.54. The summed E-state index contributed by atoms with van der Waals surface area (Å²) in [7, 11) is 1.63. The van der Waals surface area contributed by atoms with Gasteiger partial charge < -0.3 is 9.64 Å². The minimum Gasteiger partial charge on any atom is -0.497 e. The minimum absolute atomic E-state index is 0.0606. The summed E-state index contributed by atoms with van der Waals surface area (Å²) in [4.78, 5) is 32.1. The maximum atomic E-state index is 12.8. The molecule has 2 aromatic carbocycles. The number of rotatable bonds is 5. The Morgan fingerprint density at radius 1 is 1.16 bits per heavy atom. The first kappa shape index (κ1) is 20.2. The predicted octanol–water partition coefficient (Wildman–Crippen LogP) is 3.77. The molecule has 8 nitrogen and oxygen atoms in total. The van der Waals surface area contributed by atoms with Crippen LogP contribution >= 0.6 is 11.3 Å². The van der Waals surface area contributed by atoms with Gasteiger partial charge >= 0.3 is 0 Å². The fourth-order valence-corrected chi connectivity index (χ4v) is 4.60. The highest BCUT2D eigenvalue weighted by Crippen LogP contribution is 2.29. The summed E-state index contributed by atoms with van der Waals surface area (Å²) in [6, 6.07) is 15.4. The van der Waals surface area contributed by atoms with Crippen molar-refractivity contribution in [3.8, 4) is 17.0 Å². The van der Waals surface area contributed by atoms with Gasteiger partial charge in [0.1, 0.15) is 5.75 Å². The smallest absolute Gasteiger partial charge is 0.250 e. The average molecular weight is 448 g/mol. The zero-order valence-electron chi connectivity index (χ0n) is 17.6. The number of ether oxygens (including phenoxy) is 1. The topological polar surface area (TPSA) is 88.8 Å². The van der Waals surface area contributed by atoms with Crippen molar-refractivity contribution in [2.24, 2.45) is 5.92 Å². The fourth-order valence-electron chi connectivity index (χ4n) is 3.76. The lowest BCUT2D eigenvalue weighted by Gasteiger charge is -2.16. The van der Waals surface area contributed by atoms with Crippen LogP contribution < -0.4 is 15.0 Å². The lowest BCUT2D eigenvalue weighted by molar-refractivity contribution is -0.122. The summed E-state index contributed by atoms with van der Waals surface area (Å²) in [5.41, 5.74) is 3.77. The van der Waals surface area contributed by atoms with Gasteiger partial charge in [-0.3, -0.25) is 14.9 Å². The number of anilines is 2. The van der Waals surface area contributed by atoms with Crippen molar-refractivity contribution >= 4 is 39.7 Å². The van der Waals surface area contributed by atoms with Crippen LogP contribution in [0.5, 0.6) is 5.75 Å². The molecule has 4 aromatic rings. The number of carbonyl (C=O) groups is 2. The highest BCUT2D eigenvalue weighted by atomic mass is 32.1. The molecule has 2 aromatic heterocycles. The summed E-state index contributed by atoms with van der Waals surface area (Å²) in [5.74, 6) is 0.244. The second-order valence-electron chi connectivity index (χ2n) is 7.71. The van der Waals surface area contributed by atoms with Gasteiger partial charge in [-0.1, -0.05) is 17.7 Å². The highest BCUT2D eigenvalue weighted by Gasteiger charge is 2.35. The average Bonchev–Trinajstić information content (AvgIpc) is 3.48. The summed E-state index contributed by atoms with van der Waals surface area (Å²) in [6.45, 7) is 2.33. The van der Waals surface area contributed by atoms with Crippen LogP contribution in [0.25, 0.3) is 16.2 Å². The fraction of sp³-hybridized carbons (Fsp3) is 0.217. The number of hydrogen-bond donors (Lipinski definition) is 1. The summed E-state index contributed by atoms with van der Waals surface area (Å²) in [5, 5.41) is 9.22. The van der Waals surface area contributed by atoms with E-state index in [9.17, 15) is 9.59 Å². The number of benzene rings is 2. The van der Waals surface area contributed by atoms with Gasteiger partial charge in [0.25, 0.3) is 0 Å². The molecule has 1 N–H and O–H groups in total. The van der Waals surface area contributed by atoms with Crippen LogP contribution in [0.2, 0.25) is 0 Å². The van der Waals surface area contributed by atoms with E-state index in [0.29, 0.717) is 11.5 Å². The molecule has 0 radical (unpaired) electrons. The Hall–Kier alpha value is -3.72. The van der Waals surface area contributed by atoms with Crippen LogP contribution in [-0.2, 0) is 9.59 Å². The van der Waals surface area contributed by atoms with Gasteiger partial charge in [-0.2, -0.15) is 4.98 Å². The number of carbonyl (C=O) groups excluding carboxylic acids is 2. The number of aromatic nitrogens is 3. The molecule has 1 atom stereocenters. The molecule has 1 fully saturated rings. The second kappa shape index (κ2) is 8.08. The van der Waals surface area contributed by atoms with Crippen LogP contribution in [0.3, 0.4) is 0 Å². The highest BCUT2D eigenvalue weighted by molar-refractivity contribution is 7.15. The number of nitrogens with one attached hydrogen (secondary N) is 1. The molecular formula is C23H21N5O3S. The van der Waals surface area contributed by atoms with Crippen LogP contribution in [0.15, 0.2) is 53.9 Å². The van der Waals surface area contributed by atoms with Crippen molar-refractivity contribution in [2.45, 2.75) is 13.3 Å². The quantitative estimate of drug-likeness (QED) is 0.503. The van der Waals surface area contributed by atoms with E-state index in [-0.39, 0.29) is 24.2 Å². The molecule has 1 unspecified atom stereocenters. The van der Waals surface area contributed by atoms with Crippen molar-refractivity contribution in [3.63, 3.8) is 0 Å². The molecule has 0 bridgehead atoms. The van der Waals surface area contributed by atoms with E-state index in [4.69, 9.17) is 4.74 Å². The Bertz CT molecular complexity index is 1290. The van der Waals surface area contributed by atoms with Gasteiger partial charge in [0, 0.05) is 29.6 Å². The molecule has 0 spiro atoms. The molecule has 1 saturated heterocycles. The second-order valence-corrected chi connectivity index (χ2v) is 8.55. The number of hydrogen-bond acceptors (Lipinski definition) is 6. The van der Waals surface area contributed by atoms with E-state index in [1.54, 1.807) is 16.5 Å². The van der Waals surface area contributed by atoms with Gasteiger partial charge in [-0.25, -0.2) is 4.52 Å². The Morgan fingerprint density at radius 3 is 2.62 bits per heavy atom. The first-order valence-corrected chi connectivity index (χ1v) is 11.1. The number of nitrogens with zero attached hydrogens (tertiary/aromatic N) is 4. The van der Waals surface area contributed by atoms with Crippen LogP contribution in [-0.4, -0.2) is 40.1 Å². The number of methoxy groups -OCH3 is 1. The zero-order valence-corrected chi connectivity index (χ0v) is 18.4. The van der Waals surface area contributed by atoms with Gasteiger partial charge in [0.05, 0.1) is 18.7 Å². The molecule has 1 aliphatic rings. The van der Waals surface area contributed by atoms with Crippen LogP contribution in [0.4, 0.5) is 11.6 Å². The van der Waals surface area contributed by atoms with Gasteiger partial charge in [0.15, 0.2) is 0 Å². The SMILES string of the molecule is COc1ccc(-c2csc3nc(NC(=O)C4CC(=O)N(c5ccc(C)cc5)C4)nn23)cc1. The maximum absolute atomic E-state index is 12.8. The van der Waals surface area contributed by atoms with E-state index in [2.05, 4.69) is 15.4 Å². The molecule has 162 valence electrons. The first-order chi connectivity index (χ1) is 15.5. The lowest BCUT2D eigenvalue weighted by Crippen LogP contribution is -2.28. The molecule has 3 heterocycles. The lowest BCUT2D eigenvalue weighted by atomic mass is 10.1. The third-order valence-corrected chi connectivity index (χ3v) is 6.36. The van der Waals surface area contributed by atoms with E-state index in [1.807, 2.05) is 60.8 Å². The molecule has 0 aliphatic carbocycles. The van der Waals surface area contributed by atoms with Crippen molar-refractivity contribution in [1.29, 1.82) is 0 Å². The standard InChI is InChI=1S/C23H21N5O3S/c1-14-3-7-17(8-4-14)27-12-16(11-20(27)29)21(30)24-22-25-23-28(26-22)19(13-32-23)15-5-9-18(31-2)10-6-15/h3-10,13,16H,11-12H2,1-2H3,(H,24,26,30). The molecule has 5 rings (SSSR count). The Morgan fingerprint density at radius 2 is 1.91 bits per heavy atom. The summed E-state index contributed by atoms with van der Waals surface area (Å²) in [6.07, 6.45) is 0.166. The monoisotopic (exact) mass is 447 g/mol. The normalized spacial score (nSPS) is 16.0. The molecule has 9 heteroatoms. The number of aryl methyl sites for hydroxylation is 1. The minimum atomic E-state index is -0.452. The molecule has 0 saturated carbocycles. The Labute approximate surface area is 188 Å². The van der Waals surface area contributed by atoms with Crippen molar-refractivity contribution < 1.29 is 14.3 Å². The van der Waals surface area contributed by atoms with E-state index >= 15 is 0 Å². The van der Waals surface area contributed by atoms with Crippen molar-refractivity contribution in [3.05, 3.63) is 59.5 Å². The van der Waals surface area contributed by atoms with Gasteiger partial charge in [-0.05, 0) is 43.3 Å². The van der Waals surface area contributed by atoms with Crippen LogP contribution in [0.1, 0.15) is 12.0 Å². The Kier molecular flexibility index (Phi) is 5.10. The zero-order chi connectivity index (χ0) is 22.2. The van der Waals surface area contributed by atoms with E-state index in [1.165, 1.54) is 11.3 Å².